The van der Waals surface area contributed by atoms with Crippen molar-refractivity contribution in [3.8, 4) is 0 Å². The zero-order valence-corrected chi connectivity index (χ0v) is 13.2. The zero-order chi connectivity index (χ0) is 14.5. The first-order chi connectivity index (χ1) is 9.60. The maximum Gasteiger partial charge on any atom is 0.0435 e. The van der Waals surface area contributed by atoms with Crippen molar-refractivity contribution in [2.75, 3.05) is 6.54 Å². The fourth-order valence-electron chi connectivity index (χ4n) is 2.40. The molecule has 106 valence electrons. The van der Waals surface area contributed by atoms with Crippen LogP contribution >= 0.6 is 11.6 Å². The molecule has 2 heteroatoms. The first kappa shape index (κ1) is 15.1. The van der Waals surface area contributed by atoms with Gasteiger partial charge in [-0.25, -0.2) is 0 Å². The maximum absolute atomic E-state index is 6.12. The fraction of sp³-hybridized carbons (Fsp3) is 0.333. The van der Waals surface area contributed by atoms with Crippen molar-refractivity contribution in [3.63, 3.8) is 0 Å². The molecule has 0 fully saturated rings. The van der Waals surface area contributed by atoms with Crippen molar-refractivity contribution in [1.82, 2.24) is 5.32 Å². The molecule has 2 aromatic rings. The predicted molar refractivity (Wildman–Crippen MR) is 87.5 cm³/mol. The molecule has 0 aliphatic rings. The van der Waals surface area contributed by atoms with Gasteiger partial charge in [-0.2, -0.15) is 0 Å². The van der Waals surface area contributed by atoms with Crippen LogP contribution in [0.15, 0.2) is 42.5 Å². The monoisotopic (exact) mass is 287 g/mol. The van der Waals surface area contributed by atoms with E-state index < -0.39 is 0 Å². The van der Waals surface area contributed by atoms with Gasteiger partial charge in [-0.15, -0.1) is 0 Å². The summed E-state index contributed by atoms with van der Waals surface area (Å²) in [6, 6.07) is 15.4. The minimum atomic E-state index is 0.332. The number of nitrogens with one attached hydrogen (secondary N) is 1. The second-order valence-corrected chi connectivity index (χ2v) is 5.72. The van der Waals surface area contributed by atoms with E-state index in [1.807, 2.05) is 6.07 Å². The Labute approximate surface area is 127 Å². The first-order valence-corrected chi connectivity index (χ1v) is 7.53. The second kappa shape index (κ2) is 6.92. The van der Waals surface area contributed by atoms with Crippen molar-refractivity contribution in [1.29, 1.82) is 0 Å². The molecule has 0 amide bonds. The van der Waals surface area contributed by atoms with Gasteiger partial charge in [0.1, 0.15) is 0 Å². The molecular weight excluding hydrogens is 266 g/mol. The van der Waals surface area contributed by atoms with E-state index in [0.717, 1.165) is 23.6 Å². The fourth-order valence-corrected chi connectivity index (χ4v) is 2.52. The van der Waals surface area contributed by atoms with Gasteiger partial charge >= 0.3 is 0 Å². The summed E-state index contributed by atoms with van der Waals surface area (Å²) in [5.41, 5.74) is 5.09. The van der Waals surface area contributed by atoms with Crippen molar-refractivity contribution in [2.45, 2.75) is 33.2 Å². The summed E-state index contributed by atoms with van der Waals surface area (Å²) in [5, 5.41) is 4.40. The SMILES string of the molecule is CCNC(Cc1ccc(C)cc1)c1ccc(Cl)c(C)c1. The van der Waals surface area contributed by atoms with Crippen LogP contribution in [0.5, 0.6) is 0 Å². The molecule has 1 nitrogen and oxygen atoms in total. The maximum atomic E-state index is 6.12. The normalized spacial score (nSPS) is 12.4. The number of likely N-dealkylation sites (N-methyl/N-ethyl adjacent to an activating group) is 1. The third-order valence-electron chi connectivity index (χ3n) is 3.60. The summed E-state index contributed by atoms with van der Waals surface area (Å²) in [7, 11) is 0. The van der Waals surface area contributed by atoms with Crippen LogP contribution in [0.3, 0.4) is 0 Å². The lowest BCUT2D eigenvalue weighted by molar-refractivity contribution is 0.549. The Morgan fingerprint density at radius 2 is 1.75 bits per heavy atom. The van der Waals surface area contributed by atoms with Crippen LogP contribution in [0.4, 0.5) is 0 Å². The second-order valence-electron chi connectivity index (χ2n) is 5.31. The third kappa shape index (κ3) is 3.84. The molecular formula is C18H22ClN. The Morgan fingerprint density at radius 3 is 2.35 bits per heavy atom. The van der Waals surface area contributed by atoms with E-state index in [-0.39, 0.29) is 0 Å². The molecule has 0 radical (unpaired) electrons. The van der Waals surface area contributed by atoms with Crippen LogP contribution in [0.1, 0.15) is 35.2 Å². The Morgan fingerprint density at radius 1 is 1.05 bits per heavy atom. The van der Waals surface area contributed by atoms with E-state index in [1.165, 1.54) is 16.7 Å². The van der Waals surface area contributed by atoms with Gasteiger partial charge in [0.15, 0.2) is 0 Å². The molecule has 20 heavy (non-hydrogen) atoms. The van der Waals surface area contributed by atoms with Gasteiger partial charge in [0.25, 0.3) is 0 Å². The largest absolute Gasteiger partial charge is 0.310 e. The van der Waals surface area contributed by atoms with E-state index in [1.54, 1.807) is 0 Å². The van der Waals surface area contributed by atoms with E-state index >= 15 is 0 Å². The summed E-state index contributed by atoms with van der Waals surface area (Å²) in [6.07, 6.45) is 0.995. The lowest BCUT2D eigenvalue weighted by Crippen LogP contribution is -2.23. The van der Waals surface area contributed by atoms with Crippen LogP contribution in [0.25, 0.3) is 0 Å². The van der Waals surface area contributed by atoms with Gasteiger partial charge in [0.05, 0.1) is 0 Å². The number of hydrogen-bond donors (Lipinski definition) is 1. The summed E-state index contributed by atoms with van der Waals surface area (Å²) in [4.78, 5) is 0. The predicted octanol–water partition coefficient (Wildman–Crippen LogP) is 4.85. The average molecular weight is 288 g/mol. The van der Waals surface area contributed by atoms with Crippen LogP contribution in [-0.4, -0.2) is 6.54 Å². The molecule has 2 rings (SSSR count). The Kier molecular flexibility index (Phi) is 5.22. The van der Waals surface area contributed by atoms with Gasteiger partial charge in [0.2, 0.25) is 0 Å². The van der Waals surface area contributed by atoms with Crippen molar-refractivity contribution in [3.05, 3.63) is 69.7 Å². The molecule has 1 N–H and O–H groups in total. The highest BCUT2D eigenvalue weighted by atomic mass is 35.5. The number of hydrogen-bond acceptors (Lipinski definition) is 1. The molecule has 2 aromatic carbocycles. The van der Waals surface area contributed by atoms with Crippen molar-refractivity contribution >= 4 is 11.6 Å². The number of benzene rings is 2. The van der Waals surface area contributed by atoms with Crippen LogP contribution in [-0.2, 0) is 6.42 Å². The third-order valence-corrected chi connectivity index (χ3v) is 4.02. The van der Waals surface area contributed by atoms with E-state index in [0.29, 0.717) is 6.04 Å². The van der Waals surface area contributed by atoms with E-state index in [9.17, 15) is 0 Å². The van der Waals surface area contributed by atoms with E-state index in [4.69, 9.17) is 11.6 Å². The zero-order valence-electron chi connectivity index (χ0n) is 12.4. The molecule has 0 aliphatic carbocycles. The molecule has 0 saturated heterocycles. The van der Waals surface area contributed by atoms with Gasteiger partial charge < -0.3 is 5.32 Å². The molecule has 0 aliphatic heterocycles. The number of aryl methyl sites for hydroxylation is 2. The quantitative estimate of drug-likeness (QED) is 0.829. The standard InChI is InChI=1S/C18H22ClN/c1-4-20-18(12-15-7-5-13(2)6-8-15)16-9-10-17(19)14(3)11-16/h5-11,18,20H,4,12H2,1-3H3. The smallest absolute Gasteiger partial charge is 0.0435 e. The highest BCUT2D eigenvalue weighted by molar-refractivity contribution is 6.31. The van der Waals surface area contributed by atoms with Crippen LogP contribution < -0.4 is 5.32 Å². The first-order valence-electron chi connectivity index (χ1n) is 7.15. The molecule has 1 unspecified atom stereocenters. The molecule has 0 saturated carbocycles. The molecule has 0 heterocycles. The molecule has 0 bridgehead atoms. The number of halogens is 1. The van der Waals surface area contributed by atoms with Gasteiger partial charge in [-0.05, 0) is 49.6 Å². The highest BCUT2D eigenvalue weighted by Gasteiger charge is 2.12. The lowest BCUT2D eigenvalue weighted by atomic mass is 9.97. The van der Waals surface area contributed by atoms with Crippen molar-refractivity contribution in [2.24, 2.45) is 0 Å². The average Bonchev–Trinajstić information content (AvgIpc) is 2.44. The highest BCUT2D eigenvalue weighted by Crippen LogP contribution is 2.23. The molecule has 0 aromatic heterocycles. The summed E-state index contributed by atoms with van der Waals surface area (Å²) in [6.45, 7) is 7.28. The Balaban J connectivity index is 2.21. The minimum absolute atomic E-state index is 0.332. The van der Waals surface area contributed by atoms with Crippen molar-refractivity contribution < 1.29 is 0 Å². The van der Waals surface area contributed by atoms with Gasteiger partial charge in [-0.1, -0.05) is 60.5 Å². The van der Waals surface area contributed by atoms with E-state index in [2.05, 4.69) is 62.5 Å². The van der Waals surface area contributed by atoms with Gasteiger partial charge in [0, 0.05) is 11.1 Å². The minimum Gasteiger partial charge on any atom is -0.310 e. The van der Waals surface area contributed by atoms with Gasteiger partial charge in [-0.3, -0.25) is 0 Å². The molecule has 1 atom stereocenters. The summed E-state index contributed by atoms with van der Waals surface area (Å²) in [5.74, 6) is 0. The van der Waals surface area contributed by atoms with Crippen LogP contribution in [0.2, 0.25) is 5.02 Å². The lowest BCUT2D eigenvalue weighted by Gasteiger charge is -2.19. The summed E-state index contributed by atoms with van der Waals surface area (Å²) < 4.78 is 0. The topological polar surface area (TPSA) is 12.0 Å². The van der Waals surface area contributed by atoms with Crippen LogP contribution in [0, 0.1) is 13.8 Å². The molecule has 0 spiro atoms. The Hall–Kier alpha value is -1.31. The summed E-state index contributed by atoms with van der Waals surface area (Å²) >= 11 is 6.12. The Bertz CT molecular complexity index is 560. The number of rotatable bonds is 5.